The van der Waals surface area contributed by atoms with Crippen LogP contribution in [-0.2, 0) is 0 Å². The number of benzene rings is 2. The molecule has 0 radical (unpaired) electrons. The Morgan fingerprint density at radius 2 is 1.69 bits per heavy atom. The second-order valence-corrected chi connectivity index (χ2v) is 3.81. The molecule has 0 fully saturated rings. The van der Waals surface area contributed by atoms with Gasteiger partial charge in [-0.15, -0.1) is 0 Å². The van der Waals surface area contributed by atoms with Crippen molar-refractivity contribution < 1.29 is 0 Å². The highest BCUT2D eigenvalue weighted by Gasteiger charge is 2.09. The Kier molecular flexibility index (Phi) is 2.35. The van der Waals surface area contributed by atoms with Gasteiger partial charge in [-0.1, -0.05) is 23.8 Å². The molecule has 2 heteroatoms. The fourth-order valence-corrected chi connectivity index (χ4v) is 2.00. The van der Waals surface area contributed by atoms with Crippen LogP contribution in [0.2, 0.25) is 0 Å². The van der Waals surface area contributed by atoms with Crippen LogP contribution in [0, 0.1) is 31.8 Å². The van der Waals surface area contributed by atoms with E-state index in [1.807, 2.05) is 38.1 Å². The molecule has 2 aromatic rings. The van der Waals surface area contributed by atoms with Crippen LogP contribution in [0.25, 0.3) is 15.6 Å². The Hall–Kier alpha value is -2.32. The van der Waals surface area contributed by atoms with Gasteiger partial charge in [-0.3, -0.25) is 0 Å². The van der Waals surface area contributed by atoms with Gasteiger partial charge in [0.05, 0.1) is 18.2 Å². The predicted octanol–water partition coefficient (Wildman–Crippen LogP) is 3.88. The van der Waals surface area contributed by atoms with Gasteiger partial charge < -0.3 is 0 Å². The smallest absolute Gasteiger partial charge is 0.195 e. The molecule has 0 unspecified atom stereocenters. The van der Waals surface area contributed by atoms with Gasteiger partial charge in [-0.25, -0.2) is 4.85 Å². The van der Waals surface area contributed by atoms with E-state index in [1.54, 1.807) is 0 Å². The summed E-state index contributed by atoms with van der Waals surface area (Å²) < 4.78 is 0. The van der Waals surface area contributed by atoms with Gasteiger partial charge in [0.2, 0.25) is 0 Å². The summed E-state index contributed by atoms with van der Waals surface area (Å²) in [5.74, 6) is 0. The van der Waals surface area contributed by atoms with E-state index in [0.717, 1.165) is 21.9 Å². The summed E-state index contributed by atoms with van der Waals surface area (Å²) in [6.07, 6.45) is 0. The Labute approximate surface area is 94.6 Å². The molecule has 76 valence electrons. The van der Waals surface area contributed by atoms with Crippen LogP contribution in [0.15, 0.2) is 24.3 Å². The maximum Gasteiger partial charge on any atom is 0.195 e. The number of nitriles is 1. The molecule has 0 amide bonds. The molecule has 0 atom stereocenters. The zero-order chi connectivity index (χ0) is 11.7. The standard InChI is InChI=1S/C14H10N2/c1-9-5-7-12(16-3)14-10(2)4-6-11(8-15)13(9)14/h4-7H,1-2H3. The fraction of sp³-hybridized carbons (Fsp3) is 0.143. The fourth-order valence-electron chi connectivity index (χ4n) is 2.00. The van der Waals surface area contributed by atoms with Crippen molar-refractivity contribution in [2.45, 2.75) is 13.8 Å². The summed E-state index contributed by atoms with van der Waals surface area (Å²) in [6, 6.07) is 9.62. The van der Waals surface area contributed by atoms with Crippen LogP contribution in [0.1, 0.15) is 16.7 Å². The van der Waals surface area contributed by atoms with Crippen LogP contribution in [0.5, 0.6) is 0 Å². The summed E-state index contributed by atoms with van der Waals surface area (Å²) in [4.78, 5) is 3.52. The van der Waals surface area contributed by atoms with Crippen LogP contribution in [-0.4, -0.2) is 0 Å². The van der Waals surface area contributed by atoms with Crippen molar-refractivity contribution in [2.24, 2.45) is 0 Å². The monoisotopic (exact) mass is 206 g/mol. The SMILES string of the molecule is [C-]#[N+]c1ccc(C)c2c(C#N)ccc(C)c12. The van der Waals surface area contributed by atoms with Gasteiger partial charge in [0, 0.05) is 0 Å². The minimum atomic E-state index is 0.621. The molecule has 16 heavy (non-hydrogen) atoms. The van der Waals surface area contributed by atoms with Crippen molar-refractivity contribution in [2.75, 3.05) is 0 Å². The van der Waals surface area contributed by atoms with Gasteiger partial charge in [-0.05, 0) is 36.2 Å². The summed E-state index contributed by atoms with van der Waals surface area (Å²) in [7, 11) is 0. The first-order valence-corrected chi connectivity index (χ1v) is 4.99. The lowest BCUT2D eigenvalue weighted by Crippen LogP contribution is -1.87. The summed E-state index contributed by atoms with van der Waals surface area (Å²) in [6.45, 7) is 11.1. The van der Waals surface area contributed by atoms with Gasteiger partial charge >= 0.3 is 0 Å². The van der Waals surface area contributed by atoms with Gasteiger partial charge in [0.25, 0.3) is 0 Å². The van der Waals surface area contributed by atoms with E-state index in [2.05, 4.69) is 10.9 Å². The quantitative estimate of drug-likeness (QED) is 0.601. The summed E-state index contributed by atoms with van der Waals surface area (Å²) in [5, 5.41) is 10.9. The molecule has 0 aliphatic rings. The number of aryl methyl sites for hydroxylation is 2. The third-order valence-electron chi connectivity index (χ3n) is 2.80. The molecule has 0 N–H and O–H groups in total. The van der Waals surface area contributed by atoms with Crippen LogP contribution < -0.4 is 0 Å². The molecular weight excluding hydrogens is 196 g/mol. The van der Waals surface area contributed by atoms with Crippen molar-refractivity contribution >= 4 is 16.5 Å². The van der Waals surface area contributed by atoms with E-state index < -0.39 is 0 Å². The molecule has 0 bridgehead atoms. The summed E-state index contributed by atoms with van der Waals surface area (Å²) in [5.41, 5.74) is 3.35. The number of hydrogen-bond acceptors (Lipinski definition) is 1. The third-order valence-corrected chi connectivity index (χ3v) is 2.80. The number of hydrogen-bond donors (Lipinski definition) is 0. The minimum Gasteiger partial charge on any atom is -0.238 e. The van der Waals surface area contributed by atoms with Crippen LogP contribution in [0.4, 0.5) is 5.69 Å². The van der Waals surface area contributed by atoms with E-state index in [1.165, 1.54) is 0 Å². The molecule has 2 aromatic carbocycles. The van der Waals surface area contributed by atoms with E-state index in [4.69, 9.17) is 11.8 Å². The number of nitrogens with zero attached hydrogens (tertiary/aromatic N) is 2. The van der Waals surface area contributed by atoms with Crippen molar-refractivity contribution in [1.29, 1.82) is 5.26 Å². The molecule has 2 nitrogen and oxygen atoms in total. The van der Waals surface area contributed by atoms with E-state index in [0.29, 0.717) is 11.3 Å². The number of fused-ring (bicyclic) bond motifs is 1. The zero-order valence-corrected chi connectivity index (χ0v) is 9.20. The predicted molar refractivity (Wildman–Crippen MR) is 64.4 cm³/mol. The lowest BCUT2D eigenvalue weighted by molar-refractivity contribution is 1.45. The van der Waals surface area contributed by atoms with Gasteiger partial charge in [0.1, 0.15) is 0 Å². The lowest BCUT2D eigenvalue weighted by atomic mass is 9.96. The van der Waals surface area contributed by atoms with Crippen molar-refractivity contribution in [3.63, 3.8) is 0 Å². The van der Waals surface area contributed by atoms with Crippen LogP contribution >= 0.6 is 0 Å². The Bertz CT molecular complexity index is 596. The zero-order valence-electron chi connectivity index (χ0n) is 9.20. The first-order chi connectivity index (χ1) is 7.69. The molecule has 0 heterocycles. The van der Waals surface area contributed by atoms with Crippen LogP contribution in [0.3, 0.4) is 0 Å². The molecule has 0 saturated carbocycles. The Morgan fingerprint density at radius 3 is 2.31 bits per heavy atom. The second kappa shape index (κ2) is 3.68. The van der Waals surface area contributed by atoms with Crippen molar-refractivity contribution in [3.05, 3.63) is 52.4 Å². The molecule has 0 spiro atoms. The van der Waals surface area contributed by atoms with E-state index >= 15 is 0 Å². The first kappa shape index (κ1) is 10.2. The normalized spacial score (nSPS) is 9.75. The molecule has 2 rings (SSSR count). The molecule has 0 aliphatic heterocycles. The van der Waals surface area contributed by atoms with Crippen molar-refractivity contribution in [3.8, 4) is 6.07 Å². The topological polar surface area (TPSA) is 28.1 Å². The minimum absolute atomic E-state index is 0.621. The van der Waals surface area contributed by atoms with Gasteiger partial charge in [0.15, 0.2) is 5.69 Å². The molecular formula is C14H10N2. The maximum atomic E-state index is 9.09. The molecule has 0 aromatic heterocycles. The Morgan fingerprint density at radius 1 is 1.06 bits per heavy atom. The average Bonchev–Trinajstić information content (AvgIpc) is 2.31. The largest absolute Gasteiger partial charge is 0.238 e. The van der Waals surface area contributed by atoms with E-state index in [9.17, 15) is 0 Å². The molecule has 0 saturated heterocycles. The highest BCUT2D eigenvalue weighted by molar-refractivity contribution is 6.01. The lowest BCUT2D eigenvalue weighted by Gasteiger charge is -2.08. The number of rotatable bonds is 0. The average molecular weight is 206 g/mol. The molecule has 0 aliphatic carbocycles. The maximum absolute atomic E-state index is 9.09. The first-order valence-electron chi connectivity index (χ1n) is 4.99. The van der Waals surface area contributed by atoms with E-state index in [-0.39, 0.29) is 0 Å². The highest BCUT2D eigenvalue weighted by Crippen LogP contribution is 2.33. The summed E-state index contributed by atoms with van der Waals surface area (Å²) >= 11 is 0. The van der Waals surface area contributed by atoms with Gasteiger partial charge in [-0.2, -0.15) is 5.26 Å². The Balaban J connectivity index is 3.10. The third kappa shape index (κ3) is 1.33. The second-order valence-electron chi connectivity index (χ2n) is 3.81. The highest BCUT2D eigenvalue weighted by atomic mass is 14.6. The van der Waals surface area contributed by atoms with Crippen molar-refractivity contribution in [1.82, 2.24) is 0 Å².